The molecule has 1 heterocycles. The zero-order valence-corrected chi connectivity index (χ0v) is 8.96. The highest BCUT2D eigenvalue weighted by molar-refractivity contribution is 5.66. The average molecular weight is 233 g/mol. The molecule has 17 heavy (non-hydrogen) atoms. The predicted molar refractivity (Wildman–Crippen MR) is 60.1 cm³/mol. The van der Waals surface area contributed by atoms with E-state index >= 15 is 0 Å². The van der Waals surface area contributed by atoms with Gasteiger partial charge in [-0.3, -0.25) is 9.78 Å². The molecule has 1 aromatic carbocycles. The van der Waals surface area contributed by atoms with Crippen LogP contribution in [-0.4, -0.2) is 25.8 Å². The maximum atomic E-state index is 11.6. The molecule has 0 aliphatic heterocycles. The van der Waals surface area contributed by atoms with Gasteiger partial charge in [0.15, 0.2) is 0 Å². The molecule has 0 aliphatic carbocycles. The minimum absolute atomic E-state index is 0.0538. The number of aromatic amines is 1. The van der Waals surface area contributed by atoms with Gasteiger partial charge in [-0.05, 0) is 12.1 Å². The van der Waals surface area contributed by atoms with Crippen molar-refractivity contribution in [1.82, 2.24) is 14.8 Å². The van der Waals surface area contributed by atoms with Crippen molar-refractivity contribution >= 4 is 5.97 Å². The first-order valence-electron chi connectivity index (χ1n) is 5.12. The first-order valence-corrected chi connectivity index (χ1v) is 5.12. The van der Waals surface area contributed by atoms with Gasteiger partial charge in [0.25, 0.3) is 0 Å². The summed E-state index contributed by atoms with van der Waals surface area (Å²) in [5.41, 5.74) is 0.284. The van der Waals surface area contributed by atoms with Crippen LogP contribution >= 0.6 is 0 Å². The van der Waals surface area contributed by atoms with Gasteiger partial charge in [0.2, 0.25) is 0 Å². The Hall–Kier alpha value is -2.37. The topological polar surface area (TPSA) is 88.0 Å². The Balaban J connectivity index is 2.26. The van der Waals surface area contributed by atoms with Crippen LogP contribution in [0.2, 0.25) is 0 Å². The highest BCUT2D eigenvalue weighted by Crippen LogP contribution is 2.02. The first kappa shape index (κ1) is 11.1. The zero-order chi connectivity index (χ0) is 12.3. The molecular weight excluding hydrogens is 222 g/mol. The number of carbonyl (C=O) groups is 1. The Morgan fingerprint density at radius 2 is 2.06 bits per heavy atom. The number of para-hydroxylation sites is 1. The maximum Gasteiger partial charge on any atom is 0.348 e. The van der Waals surface area contributed by atoms with Gasteiger partial charge in [0, 0.05) is 6.42 Å². The lowest BCUT2D eigenvalue weighted by Crippen LogP contribution is -2.15. The largest absolute Gasteiger partial charge is 0.481 e. The van der Waals surface area contributed by atoms with E-state index in [4.69, 9.17) is 5.11 Å². The van der Waals surface area contributed by atoms with Gasteiger partial charge in [-0.15, -0.1) is 0 Å². The molecule has 0 aliphatic rings. The lowest BCUT2D eigenvalue weighted by Gasteiger charge is -1.96. The Kier molecular flexibility index (Phi) is 3.04. The van der Waals surface area contributed by atoms with E-state index in [-0.39, 0.29) is 18.5 Å². The second kappa shape index (κ2) is 4.65. The highest BCUT2D eigenvalue weighted by atomic mass is 16.4. The predicted octanol–water partition coefficient (Wildman–Crippen LogP) is 0.578. The van der Waals surface area contributed by atoms with E-state index in [1.54, 1.807) is 24.3 Å². The number of carboxylic acid groups (broad SMARTS) is 1. The Morgan fingerprint density at radius 3 is 2.71 bits per heavy atom. The van der Waals surface area contributed by atoms with E-state index < -0.39 is 5.97 Å². The van der Waals surface area contributed by atoms with Crippen molar-refractivity contribution in [3.8, 4) is 5.69 Å². The summed E-state index contributed by atoms with van der Waals surface area (Å²) in [4.78, 5) is 24.5. The van der Waals surface area contributed by atoms with Gasteiger partial charge in [-0.1, -0.05) is 18.2 Å². The second-order valence-corrected chi connectivity index (χ2v) is 3.52. The Bertz CT molecular complexity index is 571. The van der Waals surface area contributed by atoms with Crippen LogP contribution in [0.1, 0.15) is 12.2 Å². The summed E-state index contributed by atoms with van der Waals surface area (Å²) < 4.78 is 1.22. The number of benzene rings is 1. The molecule has 0 saturated heterocycles. The fourth-order valence-corrected chi connectivity index (χ4v) is 1.45. The number of rotatable bonds is 4. The number of hydrogen-bond acceptors (Lipinski definition) is 3. The van der Waals surface area contributed by atoms with Crippen molar-refractivity contribution in [3.05, 3.63) is 46.6 Å². The third-order valence-corrected chi connectivity index (χ3v) is 2.24. The molecule has 2 N–H and O–H groups in total. The minimum Gasteiger partial charge on any atom is -0.481 e. The number of H-pyrrole nitrogens is 1. The lowest BCUT2D eigenvalue weighted by atomic mass is 10.3. The molecule has 6 heteroatoms. The van der Waals surface area contributed by atoms with Crippen molar-refractivity contribution in [3.63, 3.8) is 0 Å². The first-order chi connectivity index (χ1) is 8.16. The summed E-state index contributed by atoms with van der Waals surface area (Å²) in [6, 6.07) is 8.94. The van der Waals surface area contributed by atoms with E-state index in [1.807, 2.05) is 6.07 Å². The number of aryl methyl sites for hydroxylation is 1. The van der Waals surface area contributed by atoms with Gasteiger partial charge in [0.05, 0.1) is 12.1 Å². The number of nitrogens with one attached hydrogen (secondary N) is 1. The van der Waals surface area contributed by atoms with Crippen LogP contribution in [0, 0.1) is 0 Å². The SMILES string of the molecule is O=C(O)CCc1nn(-c2ccccc2)c(=O)[nH]1. The van der Waals surface area contributed by atoms with E-state index in [2.05, 4.69) is 10.1 Å². The lowest BCUT2D eigenvalue weighted by molar-refractivity contribution is -0.137. The Morgan fingerprint density at radius 1 is 1.35 bits per heavy atom. The van der Waals surface area contributed by atoms with Gasteiger partial charge in [-0.25, -0.2) is 4.79 Å². The Labute approximate surface area is 96.5 Å². The third kappa shape index (κ3) is 2.60. The van der Waals surface area contributed by atoms with Gasteiger partial charge in [-0.2, -0.15) is 9.78 Å². The smallest absolute Gasteiger partial charge is 0.348 e. The van der Waals surface area contributed by atoms with Gasteiger partial charge < -0.3 is 5.11 Å². The molecule has 6 nitrogen and oxygen atoms in total. The quantitative estimate of drug-likeness (QED) is 0.808. The molecule has 1 aromatic heterocycles. The summed E-state index contributed by atoms with van der Waals surface area (Å²) in [5, 5.41) is 12.6. The summed E-state index contributed by atoms with van der Waals surface area (Å²) in [6.07, 6.45) is 0.159. The minimum atomic E-state index is -0.917. The fraction of sp³-hybridized carbons (Fsp3) is 0.182. The van der Waals surface area contributed by atoms with Crippen LogP contribution in [0.15, 0.2) is 35.1 Å². The molecule has 0 bridgehead atoms. The standard InChI is InChI=1S/C11H11N3O3/c15-10(16)7-6-9-12-11(17)14(13-9)8-4-2-1-3-5-8/h1-5H,6-7H2,(H,15,16)(H,12,13,17). The second-order valence-electron chi connectivity index (χ2n) is 3.52. The van der Waals surface area contributed by atoms with Crippen LogP contribution in [-0.2, 0) is 11.2 Å². The van der Waals surface area contributed by atoms with Crippen molar-refractivity contribution < 1.29 is 9.90 Å². The molecule has 0 unspecified atom stereocenters. The summed E-state index contributed by atoms with van der Waals surface area (Å²) >= 11 is 0. The summed E-state index contributed by atoms with van der Waals surface area (Å²) in [5.74, 6) is -0.540. The molecule has 0 spiro atoms. The molecule has 2 rings (SSSR count). The van der Waals surface area contributed by atoms with Crippen molar-refractivity contribution in [2.45, 2.75) is 12.8 Å². The van der Waals surface area contributed by atoms with Gasteiger partial charge in [0.1, 0.15) is 5.82 Å². The third-order valence-electron chi connectivity index (χ3n) is 2.24. The van der Waals surface area contributed by atoms with Crippen molar-refractivity contribution in [1.29, 1.82) is 0 Å². The van der Waals surface area contributed by atoms with E-state index in [9.17, 15) is 9.59 Å². The van der Waals surface area contributed by atoms with E-state index in [0.717, 1.165) is 0 Å². The summed E-state index contributed by atoms with van der Waals surface area (Å²) in [7, 11) is 0. The number of hydrogen-bond donors (Lipinski definition) is 2. The molecule has 88 valence electrons. The molecule has 0 amide bonds. The van der Waals surface area contributed by atoms with Crippen LogP contribution in [0.5, 0.6) is 0 Å². The summed E-state index contributed by atoms with van der Waals surface area (Å²) in [6.45, 7) is 0. The number of carboxylic acids is 1. The number of aliphatic carboxylic acids is 1. The molecule has 0 radical (unpaired) electrons. The van der Waals surface area contributed by atoms with Crippen molar-refractivity contribution in [2.75, 3.05) is 0 Å². The molecule has 0 atom stereocenters. The molecule has 2 aromatic rings. The van der Waals surface area contributed by atoms with E-state index in [0.29, 0.717) is 11.5 Å². The zero-order valence-electron chi connectivity index (χ0n) is 8.96. The normalized spacial score (nSPS) is 10.4. The average Bonchev–Trinajstić information content (AvgIpc) is 2.69. The monoisotopic (exact) mass is 233 g/mol. The van der Waals surface area contributed by atoms with Crippen LogP contribution < -0.4 is 5.69 Å². The molecule has 0 fully saturated rings. The maximum absolute atomic E-state index is 11.6. The molecular formula is C11H11N3O3. The van der Waals surface area contributed by atoms with Crippen LogP contribution in [0.4, 0.5) is 0 Å². The number of nitrogens with zero attached hydrogens (tertiary/aromatic N) is 2. The van der Waals surface area contributed by atoms with Crippen LogP contribution in [0.3, 0.4) is 0 Å². The fourth-order valence-electron chi connectivity index (χ4n) is 1.45. The van der Waals surface area contributed by atoms with Crippen molar-refractivity contribution in [2.24, 2.45) is 0 Å². The molecule has 0 saturated carbocycles. The highest BCUT2D eigenvalue weighted by Gasteiger charge is 2.07. The number of aromatic nitrogens is 3. The van der Waals surface area contributed by atoms with E-state index in [1.165, 1.54) is 4.68 Å². The van der Waals surface area contributed by atoms with Crippen LogP contribution in [0.25, 0.3) is 5.69 Å². The van der Waals surface area contributed by atoms with Gasteiger partial charge >= 0.3 is 11.7 Å².